The second-order valence-electron chi connectivity index (χ2n) is 3.86. The van der Waals surface area contributed by atoms with Crippen molar-refractivity contribution in [1.82, 2.24) is 4.98 Å². The summed E-state index contributed by atoms with van der Waals surface area (Å²) in [5.41, 5.74) is 0.954. The smallest absolute Gasteiger partial charge is 0.125 e. The maximum absolute atomic E-state index is 9.94. The van der Waals surface area contributed by atoms with Crippen molar-refractivity contribution in [3.63, 3.8) is 0 Å². The second-order valence-corrected chi connectivity index (χ2v) is 3.86. The Hall–Kier alpha value is -1.58. The van der Waals surface area contributed by atoms with Crippen molar-refractivity contribution in [2.45, 2.75) is 12.5 Å². The van der Waals surface area contributed by atoms with E-state index >= 15 is 0 Å². The maximum atomic E-state index is 9.94. The van der Waals surface area contributed by atoms with Gasteiger partial charge in [0.15, 0.2) is 0 Å². The van der Waals surface area contributed by atoms with Gasteiger partial charge < -0.3 is 10.4 Å². The molecular weight excluding hydrogens is 248 g/mol. The molecule has 0 aliphatic rings. The average molecular weight is 265 g/mol. The first-order valence-electron chi connectivity index (χ1n) is 5.74. The fraction of sp³-hybridized carbons (Fsp3) is 0.214. The molecule has 18 heavy (non-hydrogen) atoms. The SMILES string of the molecule is Cl.OC(CCNc1ccccn1)c1ccccc1. The van der Waals surface area contributed by atoms with E-state index in [0.29, 0.717) is 13.0 Å². The van der Waals surface area contributed by atoms with E-state index in [4.69, 9.17) is 0 Å². The molecule has 2 aromatic rings. The minimum atomic E-state index is -0.424. The van der Waals surface area contributed by atoms with Crippen molar-refractivity contribution in [3.8, 4) is 0 Å². The van der Waals surface area contributed by atoms with Gasteiger partial charge in [-0.25, -0.2) is 4.98 Å². The number of halogens is 1. The van der Waals surface area contributed by atoms with Gasteiger partial charge in [0.05, 0.1) is 6.10 Å². The summed E-state index contributed by atoms with van der Waals surface area (Å²) in [6.45, 7) is 0.701. The molecule has 4 heteroatoms. The van der Waals surface area contributed by atoms with Gasteiger partial charge in [0.1, 0.15) is 5.82 Å². The molecular formula is C14H17ClN2O. The summed E-state index contributed by atoms with van der Waals surface area (Å²) in [6.07, 6.45) is 1.99. The molecule has 96 valence electrons. The molecule has 1 aromatic carbocycles. The lowest BCUT2D eigenvalue weighted by molar-refractivity contribution is 0.171. The molecule has 0 amide bonds. The Bertz CT molecular complexity index is 436. The number of nitrogens with zero attached hydrogens (tertiary/aromatic N) is 1. The number of aliphatic hydroxyl groups is 1. The van der Waals surface area contributed by atoms with E-state index in [1.54, 1.807) is 6.20 Å². The van der Waals surface area contributed by atoms with Crippen LogP contribution in [0.1, 0.15) is 18.1 Å². The van der Waals surface area contributed by atoms with Crippen LogP contribution in [0.25, 0.3) is 0 Å². The van der Waals surface area contributed by atoms with Crippen molar-refractivity contribution in [1.29, 1.82) is 0 Å². The van der Waals surface area contributed by atoms with Crippen LogP contribution in [0.15, 0.2) is 54.7 Å². The number of aliphatic hydroxyl groups excluding tert-OH is 1. The first-order chi connectivity index (χ1) is 8.36. The molecule has 0 radical (unpaired) electrons. The first kappa shape index (κ1) is 14.5. The van der Waals surface area contributed by atoms with E-state index in [1.165, 1.54) is 0 Å². The minimum absolute atomic E-state index is 0. The Morgan fingerprint density at radius 3 is 2.44 bits per heavy atom. The third-order valence-corrected chi connectivity index (χ3v) is 2.57. The van der Waals surface area contributed by atoms with Gasteiger partial charge in [-0.05, 0) is 24.1 Å². The van der Waals surface area contributed by atoms with E-state index in [0.717, 1.165) is 11.4 Å². The number of pyridine rings is 1. The lowest BCUT2D eigenvalue weighted by Crippen LogP contribution is -2.08. The van der Waals surface area contributed by atoms with Crippen LogP contribution >= 0.6 is 12.4 Å². The first-order valence-corrected chi connectivity index (χ1v) is 5.74. The number of nitrogens with one attached hydrogen (secondary N) is 1. The highest BCUT2D eigenvalue weighted by molar-refractivity contribution is 5.85. The van der Waals surface area contributed by atoms with Gasteiger partial charge in [-0.3, -0.25) is 0 Å². The summed E-state index contributed by atoms with van der Waals surface area (Å²) in [5, 5.41) is 13.1. The van der Waals surface area contributed by atoms with Crippen LogP contribution in [0.5, 0.6) is 0 Å². The highest BCUT2D eigenvalue weighted by Crippen LogP contribution is 2.15. The molecule has 1 heterocycles. The van der Waals surface area contributed by atoms with Gasteiger partial charge in [-0.1, -0.05) is 36.4 Å². The lowest BCUT2D eigenvalue weighted by Gasteiger charge is -2.11. The molecule has 2 N–H and O–H groups in total. The minimum Gasteiger partial charge on any atom is -0.388 e. The van der Waals surface area contributed by atoms with E-state index in [1.807, 2.05) is 48.5 Å². The molecule has 1 unspecified atom stereocenters. The second kappa shape index (κ2) is 7.69. The Kier molecular flexibility index (Phi) is 6.19. The average Bonchev–Trinajstić information content (AvgIpc) is 2.41. The highest BCUT2D eigenvalue weighted by atomic mass is 35.5. The van der Waals surface area contributed by atoms with Crippen molar-refractivity contribution in [2.24, 2.45) is 0 Å². The summed E-state index contributed by atoms with van der Waals surface area (Å²) in [6, 6.07) is 15.4. The largest absolute Gasteiger partial charge is 0.388 e. The number of aromatic nitrogens is 1. The molecule has 0 saturated carbocycles. The molecule has 3 nitrogen and oxygen atoms in total. The van der Waals surface area contributed by atoms with E-state index < -0.39 is 6.10 Å². The Morgan fingerprint density at radius 1 is 1.06 bits per heavy atom. The van der Waals surface area contributed by atoms with Crippen LogP contribution in [0, 0.1) is 0 Å². The predicted molar refractivity (Wildman–Crippen MR) is 76.0 cm³/mol. The van der Waals surface area contributed by atoms with E-state index in [2.05, 4.69) is 10.3 Å². The Balaban J connectivity index is 0.00000162. The summed E-state index contributed by atoms with van der Waals surface area (Å²) < 4.78 is 0. The number of hydrogen-bond acceptors (Lipinski definition) is 3. The van der Waals surface area contributed by atoms with Crippen LogP contribution in [-0.4, -0.2) is 16.6 Å². The zero-order chi connectivity index (χ0) is 11.9. The summed E-state index contributed by atoms with van der Waals surface area (Å²) in [4.78, 5) is 4.16. The summed E-state index contributed by atoms with van der Waals surface area (Å²) >= 11 is 0. The van der Waals surface area contributed by atoms with Crippen LogP contribution < -0.4 is 5.32 Å². The normalized spacial score (nSPS) is 11.4. The number of benzene rings is 1. The van der Waals surface area contributed by atoms with Crippen LogP contribution in [-0.2, 0) is 0 Å². The van der Waals surface area contributed by atoms with E-state index in [-0.39, 0.29) is 12.4 Å². The van der Waals surface area contributed by atoms with E-state index in [9.17, 15) is 5.11 Å². The van der Waals surface area contributed by atoms with Crippen molar-refractivity contribution in [2.75, 3.05) is 11.9 Å². The van der Waals surface area contributed by atoms with Gasteiger partial charge in [-0.15, -0.1) is 12.4 Å². The van der Waals surface area contributed by atoms with Crippen LogP contribution in [0.3, 0.4) is 0 Å². The van der Waals surface area contributed by atoms with Gasteiger partial charge in [-0.2, -0.15) is 0 Å². The fourth-order valence-corrected chi connectivity index (χ4v) is 1.65. The van der Waals surface area contributed by atoms with Gasteiger partial charge >= 0.3 is 0 Å². The topological polar surface area (TPSA) is 45.1 Å². The van der Waals surface area contributed by atoms with Gasteiger partial charge in [0.25, 0.3) is 0 Å². The third-order valence-electron chi connectivity index (χ3n) is 2.57. The summed E-state index contributed by atoms with van der Waals surface area (Å²) in [7, 11) is 0. The third kappa shape index (κ3) is 4.35. The molecule has 1 aromatic heterocycles. The van der Waals surface area contributed by atoms with Crippen molar-refractivity contribution in [3.05, 3.63) is 60.3 Å². The molecule has 1 atom stereocenters. The Morgan fingerprint density at radius 2 is 1.78 bits per heavy atom. The molecule has 0 saturated heterocycles. The monoisotopic (exact) mass is 264 g/mol. The molecule has 0 spiro atoms. The van der Waals surface area contributed by atoms with Gasteiger partial charge in [0, 0.05) is 12.7 Å². The van der Waals surface area contributed by atoms with Crippen molar-refractivity contribution < 1.29 is 5.11 Å². The molecule has 0 aliphatic carbocycles. The lowest BCUT2D eigenvalue weighted by atomic mass is 10.1. The zero-order valence-electron chi connectivity index (χ0n) is 9.99. The number of hydrogen-bond donors (Lipinski definition) is 2. The van der Waals surface area contributed by atoms with Crippen molar-refractivity contribution >= 4 is 18.2 Å². The summed E-state index contributed by atoms with van der Waals surface area (Å²) in [5.74, 6) is 0.841. The van der Waals surface area contributed by atoms with Crippen LogP contribution in [0.4, 0.5) is 5.82 Å². The fourth-order valence-electron chi connectivity index (χ4n) is 1.65. The maximum Gasteiger partial charge on any atom is 0.125 e. The molecule has 2 rings (SSSR count). The molecule has 0 bridgehead atoms. The number of rotatable bonds is 5. The standard InChI is InChI=1S/C14H16N2O.ClH/c17-13(12-6-2-1-3-7-12)9-11-16-14-8-4-5-10-15-14;/h1-8,10,13,17H,9,11H2,(H,15,16);1H. The quantitative estimate of drug-likeness (QED) is 0.873. The molecule has 0 aliphatic heterocycles. The Labute approximate surface area is 113 Å². The zero-order valence-corrected chi connectivity index (χ0v) is 10.8. The molecule has 0 fully saturated rings. The van der Waals surface area contributed by atoms with Crippen LogP contribution in [0.2, 0.25) is 0 Å². The predicted octanol–water partition coefficient (Wildman–Crippen LogP) is 3.04. The highest BCUT2D eigenvalue weighted by Gasteiger charge is 2.05. The van der Waals surface area contributed by atoms with Gasteiger partial charge in [0.2, 0.25) is 0 Å². The number of anilines is 1.